The van der Waals surface area contributed by atoms with Gasteiger partial charge in [0.25, 0.3) is 0 Å². The lowest BCUT2D eigenvalue weighted by atomic mass is 9.96. The van der Waals surface area contributed by atoms with Gasteiger partial charge in [0, 0.05) is 10.5 Å². The van der Waals surface area contributed by atoms with Gasteiger partial charge in [-0.3, -0.25) is 10.1 Å². The number of nitrogens with zero attached hydrogens (tertiary/aromatic N) is 1. The Kier molecular flexibility index (Phi) is 4.09. The molecule has 0 aliphatic rings. The molecule has 0 heterocycles. The highest BCUT2D eigenvalue weighted by molar-refractivity contribution is 5.36. The lowest BCUT2D eigenvalue weighted by Crippen LogP contribution is -2.12. The fraction of sp³-hybridized carbons (Fsp3) is 0.455. The van der Waals surface area contributed by atoms with Gasteiger partial charge >= 0.3 is 0 Å². The third-order valence-corrected chi connectivity index (χ3v) is 2.44. The maximum absolute atomic E-state index is 10.5. The van der Waals surface area contributed by atoms with Crippen LogP contribution in [0.1, 0.15) is 24.8 Å². The summed E-state index contributed by atoms with van der Waals surface area (Å²) in [6.07, 6.45) is 0.737. The van der Waals surface area contributed by atoms with Gasteiger partial charge in [0.2, 0.25) is 6.54 Å². The number of benzene rings is 1. The van der Waals surface area contributed by atoms with Crippen LogP contribution in [-0.4, -0.2) is 18.6 Å². The van der Waals surface area contributed by atoms with E-state index in [1.54, 1.807) is 7.11 Å². The van der Waals surface area contributed by atoms with Gasteiger partial charge in [-0.2, -0.15) is 0 Å². The van der Waals surface area contributed by atoms with Crippen molar-refractivity contribution < 1.29 is 9.66 Å². The van der Waals surface area contributed by atoms with Crippen LogP contribution in [0.4, 0.5) is 0 Å². The maximum atomic E-state index is 10.5. The monoisotopic (exact) mass is 209 g/mol. The van der Waals surface area contributed by atoms with Gasteiger partial charge in [-0.25, -0.2) is 0 Å². The Morgan fingerprint density at radius 3 is 2.67 bits per heavy atom. The van der Waals surface area contributed by atoms with Crippen LogP contribution in [0.5, 0.6) is 5.75 Å². The number of rotatable bonds is 5. The van der Waals surface area contributed by atoms with Gasteiger partial charge in [0.05, 0.1) is 13.0 Å². The molecule has 0 saturated carbocycles. The van der Waals surface area contributed by atoms with Crippen molar-refractivity contribution >= 4 is 0 Å². The summed E-state index contributed by atoms with van der Waals surface area (Å²) in [5, 5.41) is 10.5. The number of ether oxygens (including phenoxy) is 1. The highest BCUT2D eigenvalue weighted by Gasteiger charge is 2.18. The van der Waals surface area contributed by atoms with E-state index in [2.05, 4.69) is 0 Å². The van der Waals surface area contributed by atoms with E-state index < -0.39 is 0 Å². The van der Waals surface area contributed by atoms with Gasteiger partial charge in [-0.15, -0.1) is 0 Å². The van der Waals surface area contributed by atoms with Gasteiger partial charge in [0.15, 0.2) is 0 Å². The average Bonchev–Trinajstić information content (AvgIpc) is 2.25. The molecule has 0 amide bonds. The minimum absolute atomic E-state index is 0.0448. The zero-order valence-corrected chi connectivity index (χ0v) is 8.97. The minimum atomic E-state index is -0.277. The van der Waals surface area contributed by atoms with Crippen molar-refractivity contribution in [2.24, 2.45) is 0 Å². The van der Waals surface area contributed by atoms with Crippen LogP contribution in [0, 0.1) is 10.1 Å². The van der Waals surface area contributed by atoms with Crippen LogP contribution < -0.4 is 4.74 Å². The molecule has 15 heavy (non-hydrogen) atoms. The van der Waals surface area contributed by atoms with E-state index in [4.69, 9.17) is 4.74 Å². The molecule has 1 unspecified atom stereocenters. The first-order chi connectivity index (χ1) is 7.19. The van der Waals surface area contributed by atoms with Crippen molar-refractivity contribution in [2.75, 3.05) is 13.7 Å². The maximum Gasteiger partial charge on any atom is 0.210 e. The molecule has 4 heteroatoms. The van der Waals surface area contributed by atoms with Crippen molar-refractivity contribution in [1.82, 2.24) is 0 Å². The zero-order valence-electron chi connectivity index (χ0n) is 8.97. The van der Waals surface area contributed by atoms with Crippen molar-refractivity contribution in [2.45, 2.75) is 19.3 Å². The SMILES string of the molecule is CCC(C[N+](=O)[O-])c1ccccc1OC. The molecule has 0 N–H and O–H groups in total. The van der Waals surface area contributed by atoms with Crippen LogP contribution in [-0.2, 0) is 0 Å². The molecule has 0 saturated heterocycles. The molecule has 82 valence electrons. The molecule has 0 aliphatic carbocycles. The first kappa shape index (κ1) is 11.5. The lowest BCUT2D eigenvalue weighted by molar-refractivity contribution is -0.483. The quantitative estimate of drug-likeness (QED) is 0.553. The Balaban J connectivity index is 2.95. The molecule has 1 aromatic rings. The Morgan fingerprint density at radius 2 is 2.13 bits per heavy atom. The zero-order chi connectivity index (χ0) is 11.3. The fourth-order valence-electron chi connectivity index (χ4n) is 1.63. The van der Waals surface area contributed by atoms with E-state index in [0.717, 1.165) is 17.7 Å². The summed E-state index contributed by atoms with van der Waals surface area (Å²) in [6.45, 7) is 1.90. The van der Waals surface area contributed by atoms with Gasteiger partial charge < -0.3 is 4.74 Å². The van der Waals surface area contributed by atoms with Crippen molar-refractivity contribution in [3.8, 4) is 5.75 Å². The third kappa shape index (κ3) is 2.94. The summed E-state index contributed by atoms with van der Waals surface area (Å²) in [5.41, 5.74) is 0.916. The summed E-state index contributed by atoms with van der Waals surface area (Å²) in [5.74, 6) is 0.655. The molecule has 1 rings (SSSR count). The molecular formula is C11H15NO3. The topological polar surface area (TPSA) is 52.4 Å². The molecule has 1 aromatic carbocycles. The van der Waals surface area contributed by atoms with Crippen LogP contribution in [0.25, 0.3) is 0 Å². The van der Waals surface area contributed by atoms with E-state index >= 15 is 0 Å². The highest BCUT2D eigenvalue weighted by Crippen LogP contribution is 2.28. The summed E-state index contributed by atoms with van der Waals surface area (Å²) in [6, 6.07) is 7.45. The molecule has 0 spiro atoms. The largest absolute Gasteiger partial charge is 0.496 e. The smallest absolute Gasteiger partial charge is 0.210 e. The van der Waals surface area contributed by atoms with Crippen molar-refractivity contribution in [3.05, 3.63) is 39.9 Å². The van der Waals surface area contributed by atoms with Gasteiger partial charge in [-0.05, 0) is 12.5 Å². The van der Waals surface area contributed by atoms with Crippen LogP contribution >= 0.6 is 0 Å². The highest BCUT2D eigenvalue weighted by atomic mass is 16.6. The summed E-state index contributed by atoms with van der Waals surface area (Å²) in [7, 11) is 1.58. The number of hydrogen-bond donors (Lipinski definition) is 0. The predicted molar refractivity (Wildman–Crippen MR) is 57.9 cm³/mol. The first-order valence-electron chi connectivity index (χ1n) is 4.93. The fourth-order valence-corrected chi connectivity index (χ4v) is 1.63. The lowest BCUT2D eigenvalue weighted by Gasteiger charge is -2.14. The number of nitro groups is 1. The molecular weight excluding hydrogens is 194 g/mol. The second-order valence-corrected chi connectivity index (χ2v) is 3.36. The van der Waals surface area contributed by atoms with Gasteiger partial charge in [-0.1, -0.05) is 25.1 Å². The molecule has 0 fully saturated rings. The van der Waals surface area contributed by atoms with Gasteiger partial charge in [0.1, 0.15) is 5.75 Å². The van der Waals surface area contributed by atoms with Crippen molar-refractivity contribution in [1.29, 1.82) is 0 Å². The minimum Gasteiger partial charge on any atom is -0.496 e. The molecule has 0 aliphatic heterocycles. The summed E-state index contributed by atoms with van der Waals surface area (Å²) in [4.78, 5) is 10.2. The molecule has 1 atom stereocenters. The number of methoxy groups -OCH3 is 1. The number of hydrogen-bond acceptors (Lipinski definition) is 3. The average molecular weight is 209 g/mol. The Bertz CT molecular complexity index is 338. The van der Waals surface area contributed by atoms with E-state index in [9.17, 15) is 10.1 Å². The second-order valence-electron chi connectivity index (χ2n) is 3.36. The van der Waals surface area contributed by atoms with E-state index in [1.807, 2.05) is 31.2 Å². The van der Waals surface area contributed by atoms with E-state index in [1.165, 1.54) is 0 Å². The number of para-hydroxylation sites is 1. The Labute approximate surface area is 89.0 Å². The summed E-state index contributed by atoms with van der Waals surface area (Å²) < 4.78 is 5.19. The molecule has 0 aromatic heterocycles. The standard InChI is InChI=1S/C11H15NO3/c1-3-9(8-12(13)14)10-6-4-5-7-11(10)15-2/h4-7,9H,3,8H2,1-2H3. The normalized spacial score (nSPS) is 12.1. The second kappa shape index (κ2) is 5.34. The summed E-state index contributed by atoms with van der Waals surface area (Å²) >= 11 is 0. The van der Waals surface area contributed by atoms with Crippen molar-refractivity contribution in [3.63, 3.8) is 0 Å². The third-order valence-electron chi connectivity index (χ3n) is 2.44. The first-order valence-corrected chi connectivity index (χ1v) is 4.93. The van der Waals surface area contributed by atoms with Crippen LogP contribution in [0.2, 0.25) is 0 Å². The van der Waals surface area contributed by atoms with Crippen LogP contribution in [0.15, 0.2) is 24.3 Å². The molecule has 4 nitrogen and oxygen atoms in total. The Hall–Kier alpha value is -1.58. The molecule has 0 bridgehead atoms. The van der Waals surface area contributed by atoms with E-state index in [-0.39, 0.29) is 17.4 Å². The van der Waals surface area contributed by atoms with E-state index in [0.29, 0.717) is 0 Å². The predicted octanol–water partition coefficient (Wildman–Crippen LogP) is 2.47. The Morgan fingerprint density at radius 1 is 1.47 bits per heavy atom. The molecule has 0 radical (unpaired) electrons. The van der Waals surface area contributed by atoms with Crippen LogP contribution in [0.3, 0.4) is 0 Å².